The summed E-state index contributed by atoms with van der Waals surface area (Å²) in [6, 6.07) is -0.152. The number of aliphatic hydroxyl groups excluding tert-OH is 3. The predicted octanol–water partition coefficient (Wildman–Crippen LogP) is -1.64. The molecule has 4 unspecified atom stereocenters. The molecule has 0 spiro atoms. The smallest absolute Gasteiger partial charge is 0.108 e. The lowest BCUT2D eigenvalue weighted by Gasteiger charge is -2.35. The van der Waals surface area contributed by atoms with Crippen molar-refractivity contribution in [1.82, 2.24) is 5.32 Å². The molecular formula is C7H15NO3S. The van der Waals surface area contributed by atoms with Crippen molar-refractivity contribution in [2.75, 3.05) is 12.3 Å². The number of nitrogens with one attached hydrogen (secondary N) is 1. The number of β-amino-alcohol motifs (C(OH)–C–C–N with tert-alkyl or cyclic N) is 1. The van der Waals surface area contributed by atoms with Crippen LogP contribution in [0, 0.1) is 0 Å². The first-order valence-corrected chi connectivity index (χ1v) is 4.68. The molecule has 5 heteroatoms. The summed E-state index contributed by atoms with van der Waals surface area (Å²) in [6.45, 7) is 0.330. The quantitative estimate of drug-likeness (QED) is 0.341. The molecule has 12 heavy (non-hydrogen) atoms. The Labute approximate surface area is 77.0 Å². The molecule has 1 aliphatic rings. The third-order valence-corrected chi connectivity index (χ3v) is 2.44. The Morgan fingerprint density at radius 2 is 1.92 bits per heavy atom. The lowest BCUT2D eigenvalue weighted by Crippen LogP contribution is -2.59. The normalized spacial score (nSPS) is 43.0. The fourth-order valence-electron chi connectivity index (χ4n) is 1.39. The molecule has 0 saturated carbocycles. The highest BCUT2D eigenvalue weighted by molar-refractivity contribution is 7.80. The maximum atomic E-state index is 9.43. The van der Waals surface area contributed by atoms with E-state index in [1.807, 2.05) is 0 Å². The highest BCUT2D eigenvalue weighted by atomic mass is 32.1. The maximum Gasteiger partial charge on any atom is 0.108 e. The van der Waals surface area contributed by atoms with Gasteiger partial charge in [0.1, 0.15) is 6.10 Å². The van der Waals surface area contributed by atoms with Crippen LogP contribution in [0.1, 0.15) is 6.42 Å². The first kappa shape index (κ1) is 10.3. The molecule has 0 bridgehead atoms. The molecule has 4 N–H and O–H groups in total. The highest BCUT2D eigenvalue weighted by Gasteiger charge is 2.35. The van der Waals surface area contributed by atoms with E-state index in [-0.39, 0.29) is 6.04 Å². The number of piperidine rings is 1. The lowest BCUT2D eigenvalue weighted by molar-refractivity contribution is -0.0941. The molecule has 0 aromatic heterocycles. The molecule has 0 aliphatic carbocycles. The largest absolute Gasteiger partial charge is 0.389 e. The van der Waals surface area contributed by atoms with Crippen LogP contribution in [0.5, 0.6) is 0 Å². The number of hydrogen-bond acceptors (Lipinski definition) is 5. The summed E-state index contributed by atoms with van der Waals surface area (Å²) in [4.78, 5) is 0. The van der Waals surface area contributed by atoms with Crippen molar-refractivity contribution in [2.24, 2.45) is 0 Å². The molecule has 1 fully saturated rings. The van der Waals surface area contributed by atoms with Crippen LogP contribution in [-0.2, 0) is 0 Å². The molecule has 0 aromatic rings. The van der Waals surface area contributed by atoms with Crippen LogP contribution in [0.4, 0.5) is 0 Å². The summed E-state index contributed by atoms with van der Waals surface area (Å²) in [5.74, 6) is 0.650. The van der Waals surface area contributed by atoms with E-state index in [1.54, 1.807) is 0 Å². The number of thiol groups is 1. The Balaban J connectivity index is 2.46. The first-order chi connectivity index (χ1) is 5.66. The fraction of sp³-hybridized carbons (Fsp3) is 1.00. The van der Waals surface area contributed by atoms with Crippen LogP contribution < -0.4 is 5.32 Å². The van der Waals surface area contributed by atoms with Crippen molar-refractivity contribution in [3.8, 4) is 0 Å². The van der Waals surface area contributed by atoms with Crippen molar-refractivity contribution < 1.29 is 15.3 Å². The van der Waals surface area contributed by atoms with Gasteiger partial charge in [-0.1, -0.05) is 0 Å². The Morgan fingerprint density at radius 3 is 2.50 bits per heavy atom. The summed E-state index contributed by atoms with van der Waals surface area (Å²) in [5, 5.41) is 30.8. The van der Waals surface area contributed by atoms with Gasteiger partial charge in [0.25, 0.3) is 0 Å². The first-order valence-electron chi connectivity index (χ1n) is 4.05. The SMILES string of the molecule is OC1CNC(CCS)C(O)C1O. The van der Waals surface area contributed by atoms with E-state index >= 15 is 0 Å². The van der Waals surface area contributed by atoms with Gasteiger partial charge in [-0.05, 0) is 12.2 Å². The van der Waals surface area contributed by atoms with E-state index in [1.165, 1.54) is 0 Å². The zero-order chi connectivity index (χ0) is 9.14. The Morgan fingerprint density at radius 1 is 1.25 bits per heavy atom. The van der Waals surface area contributed by atoms with E-state index in [9.17, 15) is 10.2 Å². The molecule has 1 heterocycles. The van der Waals surface area contributed by atoms with E-state index in [0.717, 1.165) is 0 Å². The maximum absolute atomic E-state index is 9.43. The van der Waals surface area contributed by atoms with Gasteiger partial charge >= 0.3 is 0 Å². The van der Waals surface area contributed by atoms with Crippen LogP contribution in [0.25, 0.3) is 0 Å². The Hall–Kier alpha value is 0.190. The molecule has 72 valence electrons. The van der Waals surface area contributed by atoms with Crippen LogP contribution in [0.3, 0.4) is 0 Å². The summed E-state index contributed by atoms with van der Waals surface area (Å²) < 4.78 is 0. The topological polar surface area (TPSA) is 72.7 Å². The zero-order valence-electron chi connectivity index (χ0n) is 6.72. The molecule has 4 nitrogen and oxygen atoms in total. The van der Waals surface area contributed by atoms with Crippen molar-refractivity contribution in [3.05, 3.63) is 0 Å². The van der Waals surface area contributed by atoms with Crippen molar-refractivity contribution >= 4 is 12.6 Å². The van der Waals surface area contributed by atoms with Crippen LogP contribution in [-0.4, -0.2) is 52.0 Å². The summed E-state index contributed by atoms with van der Waals surface area (Å²) >= 11 is 4.03. The van der Waals surface area contributed by atoms with Gasteiger partial charge in [-0.15, -0.1) is 0 Å². The molecule has 1 rings (SSSR count). The van der Waals surface area contributed by atoms with Gasteiger partial charge in [0.15, 0.2) is 0 Å². The van der Waals surface area contributed by atoms with Gasteiger partial charge < -0.3 is 20.6 Å². The lowest BCUT2D eigenvalue weighted by atomic mass is 9.94. The van der Waals surface area contributed by atoms with Gasteiger partial charge in [-0.25, -0.2) is 0 Å². The van der Waals surface area contributed by atoms with Gasteiger partial charge in [0.05, 0.1) is 12.2 Å². The van der Waals surface area contributed by atoms with Gasteiger partial charge in [0.2, 0.25) is 0 Å². The predicted molar refractivity (Wildman–Crippen MR) is 48.3 cm³/mol. The molecule has 0 amide bonds. The molecule has 1 saturated heterocycles. The number of hydrogen-bond donors (Lipinski definition) is 5. The summed E-state index contributed by atoms with van der Waals surface area (Å²) in [7, 11) is 0. The zero-order valence-corrected chi connectivity index (χ0v) is 7.61. The third-order valence-electron chi connectivity index (χ3n) is 2.19. The molecule has 1 aliphatic heterocycles. The second kappa shape index (κ2) is 4.43. The number of aliphatic hydroxyl groups is 3. The van der Waals surface area contributed by atoms with E-state index < -0.39 is 18.3 Å². The second-order valence-electron chi connectivity index (χ2n) is 3.08. The van der Waals surface area contributed by atoms with Crippen molar-refractivity contribution in [1.29, 1.82) is 0 Å². The summed E-state index contributed by atoms with van der Waals surface area (Å²) in [5.41, 5.74) is 0. The van der Waals surface area contributed by atoms with Crippen LogP contribution in [0.15, 0.2) is 0 Å². The molecular weight excluding hydrogens is 178 g/mol. The second-order valence-corrected chi connectivity index (χ2v) is 3.52. The van der Waals surface area contributed by atoms with E-state index in [4.69, 9.17) is 5.11 Å². The fourth-order valence-corrected chi connectivity index (χ4v) is 1.67. The monoisotopic (exact) mass is 193 g/mol. The standard InChI is InChI=1S/C7H15NO3S/c9-5-3-8-4(1-2-12)6(10)7(5)11/h4-12H,1-3H2. The molecule has 0 aromatic carbocycles. The Kier molecular flexibility index (Phi) is 3.79. The van der Waals surface area contributed by atoms with Crippen LogP contribution in [0.2, 0.25) is 0 Å². The average Bonchev–Trinajstić information content (AvgIpc) is 2.07. The Bertz CT molecular complexity index is 147. The van der Waals surface area contributed by atoms with Crippen molar-refractivity contribution in [2.45, 2.75) is 30.8 Å². The molecule has 0 radical (unpaired) electrons. The minimum absolute atomic E-state index is 0.152. The average molecular weight is 193 g/mol. The highest BCUT2D eigenvalue weighted by Crippen LogP contribution is 2.13. The van der Waals surface area contributed by atoms with Crippen LogP contribution >= 0.6 is 12.6 Å². The van der Waals surface area contributed by atoms with Gasteiger partial charge in [-0.2, -0.15) is 12.6 Å². The third kappa shape index (κ3) is 2.11. The van der Waals surface area contributed by atoms with E-state index in [2.05, 4.69) is 17.9 Å². The summed E-state index contributed by atoms with van der Waals surface area (Å²) in [6.07, 6.45) is -2.10. The van der Waals surface area contributed by atoms with Gasteiger partial charge in [0, 0.05) is 12.6 Å². The number of rotatable bonds is 2. The molecule has 4 atom stereocenters. The minimum Gasteiger partial charge on any atom is -0.389 e. The minimum atomic E-state index is -1.03. The van der Waals surface area contributed by atoms with Gasteiger partial charge in [-0.3, -0.25) is 0 Å². The van der Waals surface area contributed by atoms with Crippen molar-refractivity contribution in [3.63, 3.8) is 0 Å². The van der Waals surface area contributed by atoms with E-state index in [0.29, 0.717) is 18.7 Å².